The van der Waals surface area contributed by atoms with Crippen LogP contribution in [0.5, 0.6) is 0 Å². The molecule has 0 aromatic rings. The minimum atomic E-state index is 0.357. The van der Waals surface area contributed by atoms with E-state index in [1.54, 1.807) is 0 Å². The molecule has 2 aliphatic rings. The van der Waals surface area contributed by atoms with Crippen LogP contribution < -0.4 is 0 Å². The first-order chi connectivity index (χ1) is 5.12. The van der Waals surface area contributed by atoms with E-state index >= 15 is 0 Å². The van der Waals surface area contributed by atoms with E-state index in [1.165, 1.54) is 32.1 Å². The van der Waals surface area contributed by atoms with Gasteiger partial charge in [-0.25, -0.2) is 0 Å². The highest BCUT2D eigenvalue weighted by Crippen LogP contribution is 2.46. The van der Waals surface area contributed by atoms with E-state index in [-0.39, 0.29) is 0 Å². The van der Waals surface area contributed by atoms with Crippen molar-refractivity contribution in [2.75, 3.05) is 6.61 Å². The Balaban J connectivity index is 1.94. The van der Waals surface area contributed by atoms with Crippen molar-refractivity contribution < 1.29 is 4.74 Å². The van der Waals surface area contributed by atoms with Crippen LogP contribution in [0.3, 0.4) is 0 Å². The van der Waals surface area contributed by atoms with Crippen molar-refractivity contribution in [3.8, 4) is 0 Å². The quantitative estimate of drug-likeness (QED) is 0.521. The normalized spacial score (nSPS) is 33.3. The lowest BCUT2D eigenvalue weighted by Crippen LogP contribution is -2.47. The number of hydrogen-bond acceptors (Lipinski definition) is 1. The van der Waals surface area contributed by atoms with Gasteiger partial charge in [0.15, 0.2) is 0 Å². The summed E-state index contributed by atoms with van der Waals surface area (Å²) in [5.41, 5.74) is 0.944. The van der Waals surface area contributed by atoms with Gasteiger partial charge in [0.2, 0.25) is 0 Å². The van der Waals surface area contributed by atoms with Gasteiger partial charge in [-0.15, -0.1) is 0 Å². The molecule has 1 saturated heterocycles. The fraction of sp³-hybridized carbons (Fsp3) is 1.00. The second-order valence-electron chi connectivity index (χ2n) is 4.95. The highest BCUT2D eigenvalue weighted by molar-refractivity contribution is 4.94. The zero-order valence-corrected chi connectivity index (χ0v) is 7.65. The molecule has 0 aromatic heterocycles. The number of hydrogen-bond donors (Lipinski definition) is 0. The van der Waals surface area contributed by atoms with Crippen molar-refractivity contribution in [2.45, 2.75) is 51.6 Å². The summed E-state index contributed by atoms with van der Waals surface area (Å²) < 4.78 is 5.65. The van der Waals surface area contributed by atoms with Gasteiger partial charge in [-0.1, -0.05) is 13.8 Å². The lowest BCUT2D eigenvalue weighted by atomic mass is 9.68. The standard InChI is InChI=1S/C10H18O/c1-9(2)3-5-10(6-4-9)7-8-11-10/h3-8H2,1-2H3. The Morgan fingerprint density at radius 3 is 1.82 bits per heavy atom. The van der Waals surface area contributed by atoms with Crippen molar-refractivity contribution in [1.82, 2.24) is 0 Å². The molecule has 0 bridgehead atoms. The lowest BCUT2D eigenvalue weighted by Gasteiger charge is -2.49. The molecule has 0 radical (unpaired) electrons. The Bertz CT molecular complexity index is 144. The molecule has 0 N–H and O–H groups in total. The minimum absolute atomic E-state index is 0.357. The molecule has 1 aliphatic carbocycles. The zero-order valence-electron chi connectivity index (χ0n) is 7.65. The molecule has 11 heavy (non-hydrogen) atoms. The molecule has 1 heteroatoms. The summed E-state index contributed by atoms with van der Waals surface area (Å²) >= 11 is 0. The zero-order chi connectivity index (χ0) is 7.95. The SMILES string of the molecule is CC1(C)CCC2(CCO2)CC1. The van der Waals surface area contributed by atoms with Crippen LogP contribution in [0.1, 0.15) is 46.0 Å². The van der Waals surface area contributed by atoms with Gasteiger partial charge in [-0.3, -0.25) is 0 Å². The third kappa shape index (κ3) is 1.31. The predicted octanol–water partition coefficient (Wildman–Crippen LogP) is 2.75. The molecule has 0 aromatic carbocycles. The summed E-state index contributed by atoms with van der Waals surface area (Å²) in [5, 5.41) is 0. The molecule has 0 amide bonds. The summed E-state index contributed by atoms with van der Waals surface area (Å²) in [6.45, 7) is 5.76. The first kappa shape index (κ1) is 7.60. The van der Waals surface area contributed by atoms with Gasteiger partial charge < -0.3 is 4.74 Å². The van der Waals surface area contributed by atoms with Gasteiger partial charge in [0.05, 0.1) is 12.2 Å². The topological polar surface area (TPSA) is 9.23 Å². The van der Waals surface area contributed by atoms with Crippen molar-refractivity contribution >= 4 is 0 Å². The summed E-state index contributed by atoms with van der Waals surface area (Å²) in [7, 11) is 0. The van der Waals surface area contributed by atoms with Crippen molar-refractivity contribution in [1.29, 1.82) is 0 Å². The van der Waals surface area contributed by atoms with Crippen LogP contribution in [0.25, 0.3) is 0 Å². The van der Waals surface area contributed by atoms with Crippen molar-refractivity contribution in [2.24, 2.45) is 5.41 Å². The predicted molar refractivity (Wildman–Crippen MR) is 45.5 cm³/mol. The van der Waals surface area contributed by atoms with E-state index in [9.17, 15) is 0 Å². The molecule has 64 valence electrons. The van der Waals surface area contributed by atoms with Gasteiger partial charge in [-0.05, 0) is 37.5 Å². The molecule has 2 rings (SSSR count). The third-order valence-corrected chi connectivity index (χ3v) is 3.48. The molecular weight excluding hydrogens is 136 g/mol. The largest absolute Gasteiger partial charge is 0.375 e. The van der Waals surface area contributed by atoms with E-state index < -0.39 is 0 Å². The Morgan fingerprint density at radius 1 is 0.909 bits per heavy atom. The minimum Gasteiger partial charge on any atom is -0.375 e. The van der Waals surface area contributed by atoms with Crippen LogP contribution in [0.15, 0.2) is 0 Å². The summed E-state index contributed by atoms with van der Waals surface area (Å²) in [4.78, 5) is 0. The molecule has 1 heterocycles. The summed E-state index contributed by atoms with van der Waals surface area (Å²) in [6, 6.07) is 0. The van der Waals surface area contributed by atoms with Gasteiger partial charge >= 0.3 is 0 Å². The number of rotatable bonds is 0. The maximum atomic E-state index is 5.65. The Labute approximate surface area is 69.1 Å². The second-order valence-corrected chi connectivity index (χ2v) is 4.95. The van der Waals surface area contributed by atoms with Gasteiger partial charge in [-0.2, -0.15) is 0 Å². The molecular formula is C10H18O. The van der Waals surface area contributed by atoms with Gasteiger partial charge in [0.1, 0.15) is 0 Å². The first-order valence-electron chi connectivity index (χ1n) is 4.76. The second kappa shape index (κ2) is 2.22. The van der Waals surface area contributed by atoms with Crippen LogP contribution in [-0.2, 0) is 4.74 Å². The summed E-state index contributed by atoms with van der Waals surface area (Å²) in [6.07, 6.45) is 6.64. The van der Waals surface area contributed by atoms with Crippen LogP contribution in [0, 0.1) is 5.41 Å². The van der Waals surface area contributed by atoms with Crippen molar-refractivity contribution in [3.63, 3.8) is 0 Å². The van der Waals surface area contributed by atoms with Crippen LogP contribution >= 0.6 is 0 Å². The summed E-state index contributed by atoms with van der Waals surface area (Å²) in [5.74, 6) is 0. The van der Waals surface area contributed by atoms with E-state index in [2.05, 4.69) is 13.8 Å². The molecule has 1 spiro atoms. The fourth-order valence-corrected chi connectivity index (χ4v) is 2.17. The van der Waals surface area contributed by atoms with Crippen LogP contribution in [0.4, 0.5) is 0 Å². The maximum Gasteiger partial charge on any atom is 0.0704 e. The Hall–Kier alpha value is -0.0400. The highest BCUT2D eigenvalue weighted by atomic mass is 16.5. The molecule has 1 nitrogen and oxygen atoms in total. The van der Waals surface area contributed by atoms with Gasteiger partial charge in [0.25, 0.3) is 0 Å². The fourth-order valence-electron chi connectivity index (χ4n) is 2.17. The molecule has 0 atom stereocenters. The number of ether oxygens (including phenoxy) is 1. The first-order valence-corrected chi connectivity index (χ1v) is 4.76. The molecule has 0 unspecified atom stereocenters. The third-order valence-electron chi connectivity index (χ3n) is 3.48. The van der Waals surface area contributed by atoms with E-state index in [0.717, 1.165) is 6.61 Å². The van der Waals surface area contributed by atoms with Crippen molar-refractivity contribution in [3.05, 3.63) is 0 Å². The highest BCUT2D eigenvalue weighted by Gasteiger charge is 2.43. The van der Waals surface area contributed by atoms with Crippen LogP contribution in [-0.4, -0.2) is 12.2 Å². The van der Waals surface area contributed by atoms with E-state index in [0.29, 0.717) is 11.0 Å². The Kier molecular flexibility index (Phi) is 1.54. The Morgan fingerprint density at radius 2 is 1.45 bits per heavy atom. The molecule has 1 aliphatic heterocycles. The lowest BCUT2D eigenvalue weighted by molar-refractivity contribution is -0.176. The molecule has 1 saturated carbocycles. The maximum absolute atomic E-state index is 5.65. The molecule has 2 fully saturated rings. The van der Waals surface area contributed by atoms with E-state index in [1.807, 2.05) is 0 Å². The van der Waals surface area contributed by atoms with E-state index in [4.69, 9.17) is 4.74 Å². The average molecular weight is 154 g/mol. The monoisotopic (exact) mass is 154 g/mol. The smallest absolute Gasteiger partial charge is 0.0704 e. The van der Waals surface area contributed by atoms with Gasteiger partial charge in [0, 0.05) is 0 Å². The van der Waals surface area contributed by atoms with Crippen LogP contribution in [0.2, 0.25) is 0 Å². The average Bonchev–Trinajstić information content (AvgIpc) is 1.84.